The van der Waals surface area contributed by atoms with Gasteiger partial charge in [-0.05, 0) is 26.7 Å². The van der Waals surface area contributed by atoms with E-state index in [1.165, 1.54) is 0 Å². The molecule has 138 valence electrons. The molecule has 6 nitrogen and oxygen atoms in total. The standard InChI is InChI=1S/C19H27NO5/c1-6-13(2)16(20-18(23)25-19(3,4)5)17(22)24-12-15(21)14-10-8-7-9-11-14/h7-11,13,16H,6,12H2,1-5H3,(H,20,23). The molecule has 0 saturated heterocycles. The molecule has 1 aromatic carbocycles. The van der Waals surface area contributed by atoms with Crippen LogP contribution in [0.3, 0.4) is 0 Å². The van der Waals surface area contributed by atoms with Crippen LogP contribution in [0.25, 0.3) is 0 Å². The van der Waals surface area contributed by atoms with Gasteiger partial charge in [-0.1, -0.05) is 50.6 Å². The van der Waals surface area contributed by atoms with Crippen LogP contribution in [0.5, 0.6) is 0 Å². The number of ketones is 1. The van der Waals surface area contributed by atoms with Crippen molar-refractivity contribution in [2.75, 3.05) is 6.61 Å². The fourth-order valence-electron chi connectivity index (χ4n) is 2.04. The van der Waals surface area contributed by atoms with Crippen LogP contribution >= 0.6 is 0 Å². The summed E-state index contributed by atoms with van der Waals surface area (Å²) in [6.45, 7) is 8.57. The minimum absolute atomic E-state index is 0.160. The highest BCUT2D eigenvalue weighted by Crippen LogP contribution is 2.12. The van der Waals surface area contributed by atoms with Crippen molar-refractivity contribution >= 4 is 17.8 Å². The van der Waals surface area contributed by atoms with Gasteiger partial charge >= 0.3 is 12.1 Å². The summed E-state index contributed by atoms with van der Waals surface area (Å²) in [7, 11) is 0. The van der Waals surface area contributed by atoms with E-state index in [-0.39, 0.29) is 18.3 Å². The number of esters is 1. The quantitative estimate of drug-likeness (QED) is 0.603. The van der Waals surface area contributed by atoms with E-state index in [0.717, 1.165) is 0 Å². The average Bonchev–Trinajstić information content (AvgIpc) is 2.55. The van der Waals surface area contributed by atoms with Crippen LogP contribution in [0.4, 0.5) is 4.79 Å². The van der Waals surface area contributed by atoms with Crippen LogP contribution in [0.15, 0.2) is 30.3 Å². The Bertz CT molecular complexity index is 592. The zero-order valence-electron chi connectivity index (χ0n) is 15.5. The normalized spacial score (nSPS) is 13.5. The first-order valence-corrected chi connectivity index (χ1v) is 8.38. The number of carbonyl (C=O) groups is 3. The first-order chi connectivity index (χ1) is 11.6. The highest BCUT2D eigenvalue weighted by Gasteiger charge is 2.30. The minimum atomic E-state index is -0.872. The second-order valence-electron chi connectivity index (χ2n) is 6.91. The van der Waals surface area contributed by atoms with Crippen molar-refractivity contribution in [2.24, 2.45) is 5.92 Å². The van der Waals surface area contributed by atoms with Crippen LogP contribution in [0.1, 0.15) is 51.4 Å². The van der Waals surface area contributed by atoms with E-state index in [1.807, 2.05) is 13.8 Å². The van der Waals surface area contributed by atoms with E-state index >= 15 is 0 Å². The molecule has 1 rings (SSSR count). The summed E-state index contributed by atoms with van der Waals surface area (Å²) in [5.74, 6) is -1.11. The smallest absolute Gasteiger partial charge is 0.408 e. The molecule has 0 heterocycles. The van der Waals surface area contributed by atoms with Gasteiger partial charge in [-0.25, -0.2) is 9.59 Å². The van der Waals surface area contributed by atoms with Crippen LogP contribution in [0, 0.1) is 5.92 Å². The highest BCUT2D eigenvalue weighted by molar-refractivity contribution is 5.98. The topological polar surface area (TPSA) is 81.7 Å². The molecule has 1 aromatic rings. The van der Waals surface area contributed by atoms with E-state index in [0.29, 0.717) is 12.0 Å². The predicted molar refractivity (Wildman–Crippen MR) is 94.3 cm³/mol. The lowest BCUT2D eigenvalue weighted by molar-refractivity contribution is -0.146. The molecule has 1 N–H and O–H groups in total. The van der Waals surface area contributed by atoms with Gasteiger partial charge in [0.05, 0.1) is 0 Å². The van der Waals surface area contributed by atoms with E-state index in [2.05, 4.69) is 5.32 Å². The van der Waals surface area contributed by atoms with Gasteiger partial charge < -0.3 is 14.8 Å². The van der Waals surface area contributed by atoms with Crippen LogP contribution < -0.4 is 5.32 Å². The summed E-state index contributed by atoms with van der Waals surface area (Å²) < 4.78 is 10.3. The van der Waals surface area contributed by atoms with E-state index in [1.54, 1.807) is 51.1 Å². The lowest BCUT2D eigenvalue weighted by Gasteiger charge is -2.25. The number of rotatable bonds is 7. The Balaban J connectivity index is 2.67. The molecule has 0 aliphatic carbocycles. The third-order valence-corrected chi connectivity index (χ3v) is 3.58. The van der Waals surface area contributed by atoms with Gasteiger partial charge in [0.25, 0.3) is 0 Å². The molecular formula is C19H27NO5. The third-order valence-electron chi connectivity index (χ3n) is 3.58. The maximum absolute atomic E-state index is 12.3. The zero-order chi connectivity index (χ0) is 19.0. The first kappa shape index (κ1) is 20.7. The number of hydrogen-bond donors (Lipinski definition) is 1. The summed E-state index contributed by atoms with van der Waals surface area (Å²) >= 11 is 0. The second kappa shape index (κ2) is 9.20. The van der Waals surface area contributed by atoms with Gasteiger partial charge in [0.1, 0.15) is 11.6 Å². The van der Waals surface area contributed by atoms with Gasteiger partial charge in [-0.2, -0.15) is 0 Å². The molecule has 0 fully saturated rings. The molecule has 0 spiro atoms. The fraction of sp³-hybridized carbons (Fsp3) is 0.526. The maximum Gasteiger partial charge on any atom is 0.408 e. The van der Waals surface area contributed by atoms with Crippen LogP contribution in [0.2, 0.25) is 0 Å². The van der Waals surface area contributed by atoms with Gasteiger partial charge in [0, 0.05) is 5.56 Å². The summed E-state index contributed by atoms with van der Waals surface area (Å²) in [5.41, 5.74) is -0.201. The summed E-state index contributed by atoms with van der Waals surface area (Å²) in [6, 6.07) is 7.71. The number of ether oxygens (including phenoxy) is 2. The van der Waals surface area contributed by atoms with Crippen molar-refractivity contribution in [2.45, 2.75) is 52.7 Å². The number of nitrogens with one attached hydrogen (secondary N) is 1. The Morgan fingerprint density at radius 1 is 1.12 bits per heavy atom. The second-order valence-corrected chi connectivity index (χ2v) is 6.91. The SMILES string of the molecule is CCC(C)C(NC(=O)OC(C)(C)C)C(=O)OCC(=O)c1ccccc1. The Morgan fingerprint density at radius 2 is 1.72 bits per heavy atom. The Labute approximate surface area is 148 Å². The van der Waals surface area contributed by atoms with Crippen LogP contribution in [-0.2, 0) is 14.3 Å². The summed E-state index contributed by atoms with van der Waals surface area (Å²) in [5, 5.41) is 2.54. The largest absolute Gasteiger partial charge is 0.456 e. The molecule has 0 radical (unpaired) electrons. The molecule has 0 aromatic heterocycles. The molecule has 0 bridgehead atoms. The number of alkyl carbamates (subject to hydrolysis) is 1. The number of benzene rings is 1. The van der Waals surface area contributed by atoms with Gasteiger partial charge in [-0.15, -0.1) is 0 Å². The minimum Gasteiger partial charge on any atom is -0.456 e. The Hall–Kier alpha value is -2.37. The van der Waals surface area contributed by atoms with Crippen molar-refractivity contribution in [3.8, 4) is 0 Å². The van der Waals surface area contributed by atoms with Crippen LogP contribution in [-0.4, -0.2) is 36.1 Å². The number of Topliss-reactive ketones (excluding diaryl/α,β-unsaturated/α-hetero) is 1. The van der Waals surface area contributed by atoms with Gasteiger partial charge in [-0.3, -0.25) is 4.79 Å². The number of hydrogen-bond acceptors (Lipinski definition) is 5. The highest BCUT2D eigenvalue weighted by atomic mass is 16.6. The molecule has 25 heavy (non-hydrogen) atoms. The van der Waals surface area contributed by atoms with Crippen molar-refractivity contribution in [3.05, 3.63) is 35.9 Å². The van der Waals surface area contributed by atoms with Crippen molar-refractivity contribution in [3.63, 3.8) is 0 Å². The Kier molecular flexibility index (Phi) is 7.61. The maximum atomic E-state index is 12.3. The van der Waals surface area contributed by atoms with Crippen molar-refractivity contribution in [1.82, 2.24) is 5.32 Å². The summed E-state index contributed by atoms with van der Waals surface area (Å²) in [6.07, 6.45) is -0.0357. The lowest BCUT2D eigenvalue weighted by Crippen LogP contribution is -2.48. The summed E-state index contributed by atoms with van der Waals surface area (Å²) in [4.78, 5) is 36.3. The molecule has 6 heteroatoms. The number of amides is 1. The molecule has 0 aliphatic rings. The third kappa shape index (κ3) is 7.37. The molecular weight excluding hydrogens is 322 g/mol. The van der Waals surface area contributed by atoms with Gasteiger partial charge in [0.2, 0.25) is 0 Å². The monoisotopic (exact) mass is 349 g/mol. The van der Waals surface area contributed by atoms with Crippen molar-refractivity contribution < 1.29 is 23.9 Å². The first-order valence-electron chi connectivity index (χ1n) is 8.38. The van der Waals surface area contributed by atoms with E-state index in [9.17, 15) is 14.4 Å². The van der Waals surface area contributed by atoms with Gasteiger partial charge in [0.15, 0.2) is 12.4 Å². The Morgan fingerprint density at radius 3 is 2.24 bits per heavy atom. The molecule has 2 unspecified atom stereocenters. The average molecular weight is 349 g/mol. The predicted octanol–water partition coefficient (Wildman–Crippen LogP) is 3.35. The molecule has 2 atom stereocenters. The molecule has 0 aliphatic heterocycles. The lowest BCUT2D eigenvalue weighted by atomic mass is 9.99. The number of carbonyl (C=O) groups excluding carboxylic acids is 3. The molecule has 0 saturated carbocycles. The van der Waals surface area contributed by atoms with Crippen molar-refractivity contribution in [1.29, 1.82) is 0 Å². The fourth-order valence-corrected chi connectivity index (χ4v) is 2.04. The molecule has 1 amide bonds. The zero-order valence-corrected chi connectivity index (χ0v) is 15.5. The van der Waals surface area contributed by atoms with E-state index < -0.39 is 23.7 Å². The van der Waals surface area contributed by atoms with E-state index in [4.69, 9.17) is 9.47 Å².